The minimum Gasteiger partial charge on any atom is -0.483 e. The van der Waals surface area contributed by atoms with Crippen LogP contribution in [0.25, 0.3) is 11.5 Å². The molecule has 2 aromatic heterocycles. The van der Waals surface area contributed by atoms with Crippen molar-refractivity contribution in [3.05, 3.63) is 24.9 Å². The molecule has 0 aromatic carbocycles. The number of nitrogens with zero attached hydrogens (tertiary/aromatic N) is 6. The largest absolute Gasteiger partial charge is 0.483 e. The average Bonchev–Trinajstić information content (AvgIpc) is 3.45. The Morgan fingerprint density at radius 1 is 1.35 bits per heavy atom. The molecule has 0 aliphatic carbocycles. The topological polar surface area (TPSA) is 106 Å². The number of morpholine rings is 1. The second-order valence-electron chi connectivity index (χ2n) is 8.49. The highest BCUT2D eigenvalue weighted by molar-refractivity contribution is 5.76. The minimum absolute atomic E-state index is 0.0190. The summed E-state index contributed by atoms with van der Waals surface area (Å²) in [4.78, 5) is 33.5. The Kier molecular flexibility index (Phi) is 7.45. The maximum atomic E-state index is 12.0. The average molecular weight is 433 g/mol. The highest BCUT2D eigenvalue weighted by Gasteiger charge is 2.39. The van der Waals surface area contributed by atoms with Crippen LogP contribution in [0.4, 0.5) is 0 Å². The summed E-state index contributed by atoms with van der Waals surface area (Å²) in [7, 11) is 3.59. The molecule has 3 atom stereocenters. The van der Waals surface area contributed by atoms with Crippen molar-refractivity contribution in [3.63, 3.8) is 0 Å². The molecule has 10 nitrogen and oxygen atoms in total. The second-order valence-corrected chi connectivity index (χ2v) is 8.49. The third-order valence-corrected chi connectivity index (χ3v) is 5.88. The number of hydrogen-bond donors (Lipinski definition) is 1. The van der Waals surface area contributed by atoms with Gasteiger partial charge in [-0.1, -0.05) is 0 Å². The molecule has 4 heterocycles. The molecule has 10 heteroatoms. The molecule has 1 amide bonds. The quantitative estimate of drug-likeness (QED) is 0.714. The van der Waals surface area contributed by atoms with Crippen LogP contribution in [0.15, 0.2) is 24.9 Å². The molecule has 1 N–H and O–H groups in total. The molecule has 4 rings (SSSR count). The van der Waals surface area contributed by atoms with Crippen LogP contribution >= 0.6 is 0 Å². The van der Waals surface area contributed by atoms with Crippen LogP contribution in [0.3, 0.4) is 0 Å². The number of hydrogen-bond acceptors (Lipinski definition) is 6. The zero-order valence-corrected chi connectivity index (χ0v) is 18.6. The van der Waals surface area contributed by atoms with Gasteiger partial charge >= 0.3 is 0 Å². The molecule has 0 spiro atoms. The van der Waals surface area contributed by atoms with Gasteiger partial charge in [-0.3, -0.25) is 14.5 Å². The molecule has 170 valence electrons. The standard InChI is InChI=1S/C20H30N6O2.CH2O2/c1-14(2)26-13-21-9-18(26)20-22-5-6-25(20)15-7-16-12-28-17(11-24(16)10-15)8-19(27)23(3)4;2-1-3/h5-6,9,13-17H,7-8,10-12H2,1-4H3;1H,(H,2,3)/t15-,16+,17+;/m1./s1. The van der Waals surface area contributed by atoms with Gasteiger partial charge in [0.2, 0.25) is 5.91 Å². The molecule has 2 saturated heterocycles. The van der Waals surface area contributed by atoms with Gasteiger partial charge in [0.05, 0.1) is 31.7 Å². The predicted octanol–water partition coefficient (Wildman–Crippen LogP) is 1.52. The van der Waals surface area contributed by atoms with E-state index in [-0.39, 0.29) is 18.5 Å². The fraction of sp³-hybridized carbons (Fsp3) is 0.619. The van der Waals surface area contributed by atoms with Crippen molar-refractivity contribution in [1.29, 1.82) is 0 Å². The first-order chi connectivity index (χ1) is 14.8. The Bertz CT molecular complexity index is 877. The van der Waals surface area contributed by atoms with Gasteiger partial charge in [-0.25, -0.2) is 9.97 Å². The number of imidazole rings is 2. The van der Waals surface area contributed by atoms with E-state index in [0.29, 0.717) is 31.2 Å². The summed E-state index contributed by atoms with van der Waals surface area (Å²) in [6.45, 7) is 6.52. The van der Waals surface area contributed by atoms with Gasteiger partial charge in [0.1, 0.15) is 5.69 Å². The molecule has 2 aliphatic rings. The van der Waals surface area contributed by atoms with Gasteiger partial charge in [-0.05, 0) is 20.3 Å². The number of rotatable bonds is 5. The van der Waals surface area contributed by atoms with Crippen LogP contribution in [0.2, 0.25) is 0 Å². The molecule has 2 fully saturated rings. The first-order valence-electron chi connectivity index (χ1n) is 10.5. The maximum Gasteiger partial charge on any atom is 0.290 e. The van der Waals surface area contributed by atoms with Crippen molar-refractivity contribution < 1.29 is 19.4 Å². The van der Waals surface area contributed by atoms with Crippen molar-refractivity contribution in [2.75, 3.05) is 33.8 Å². The Labute approximate surface area is 182 Å². The maximum absolute atomic E-state index is 12.0. The summed E-state index contributed by atoms with van der Waals surface area (Å²) in [5, 5.41) is 6.89. The zero-order valence-electron chi connectivity index (χ0n) is 18.6. The summed E-state index contributed by atoms with van der Waals surface area (Å²) in [5.74, 6) is 1.09. The van der Waals surface area contributed by atoms with Crippen molar-refractivity contribution in [2.24, 2.45) is 0 Å². The third-order valence-electron chi connectivity index (χ3n) is 5.88. The van der Waals surface area contributed by atoms with Crippen molar-refractivity contribution in [1.82, 2.24) is 28.9 Å². The molecule has 31 heavy (non-hydrogen) atoms. The van der Waals surface area contributed by atoms with Gasteiger partial charge in [0.25, 0.3) is 6.47 Å². The summed E-state index contributed by atoms with van der Waals surface area (Å²) < 4.78 is 10.4. The summed E-state index contributed by atoms with van der Waals surface area (Å²) in [5.41, 5.74) is 1.05. The van der Waals surface area contributed by atoms with Crippen LogP contribution in [0.1, 0.15) is 38.8 Å². The van der Waals surface area contributed by atoms with E-state index in [1.807, 2.05) is 18.7 Å². The third kappa shape index (κ3) is 5.13. The Morgan fingerprint density at radius 3 is 2.77 bits per heavy atom. The molecule has 0 bridgehead atoms. The second kappa shape index (κ2) is 10.1. The lowest BCUT2D eigenvalue weighted by atomic mass is 10.1. The van der Waals surface area contributed by atoms with Gasteiger partial charge in [0.15, 0.2) is 5.82 Å². The molecule has 0 unspecified atom stereocenters. The molecular formula is C21H32N6O4. The Balaban J connectivity index is 0.000000858. The highest BCUT2D eigenvalue weighted by Crippen LogP contribution is 2.34. The first-order valence-corrected chi connectivity index (χ1v) is 10.5. The summed E-state index contributed by atoms with van der Waals surface area (Å²) >= 11 is 0. The normalized spacial score (nSPS) is 23.2. The summed E-state index contributed by atoms with van der Waals surface area (Å²) in [6.07, 6.45) is 9.18. The predicted molar refractivity (Wildman–Crippen MR) is 115 cm³/mol. The first kappa shape index (κ1) is 23.0. The fourth-order valence-electron chi connectivity index (χ4n) is 4.31. The Morgan fingerprint density at radius 2 is 2.10 bits per heavy atom. The van der Waals surface area contributed by atoms with Crippen LogP contribution in [0, 0.1) is 0 Å². The van der Waals surface area contributed by atoms with E-state index < -0.39 is 0 Å². The lowest BCUT2D eigenvalue weighted by molar-refractivity contribution is -0.134. The summed E-state index contributed by atoms with van der Waals surface area (Å²) in [6, 6.07) is 1.09. The Hall–Kier alpha value is -2.72. The highest BCUT2D eigenvalue weighted by atomic mass is 16.5. The SMILES string of the molecule is CC(C)n1cncc1-c1nccn1[C@@H]1C[C@H]2CO[C@@H](CC(=O)N(C)C)CN2C1.O=CO. The number of carboxylic acid groups (broad SMARTS) is 1. The lowest BCUT2D eigenvalue weighted by Crippen LogP contribution is -2.47. The molecular weight excluding hydrogens is 400 g/mol. The van der Waals surface area contributed by atoms with E-state index >= 15 is 0 Å². The van der Waals surface area contributed by atoms with E-state index in [2.05, 4.69) is 44.0 Å². The lowest BCUT2D eigenvalue weighted by Gasteiger charge is -2.35. The van der Waals surface area contributed by atoms with Crippen molar-refractivity contribution >= 4 is 12.4 Å². The van der Waals surface area contributed by atoms with E-state index in [0.717, 1.165) is 31.0 Å². The fourth-order valence-corrected chi connectivity index (χ4v) is 4.31. The minimum atomic E-state index is -0.250. The van der Waals surface area contributed by atoms with Gasteiger partial charge < -0.3 is 23.9 Å². The van der Waals surface area contributed by atoms with Crippen molar-refractivity contribution in [3.8, 4) is 11.5 Å². The van der Waals surface area contributed by atoms with Crippen LogP contribution in [-0.2, 0) is 14.3 Å². The molecule has 0 radical (unpaired) electrons. The van der Waals surface area contributed by atoms with Gasteiger partial charge in [0, 0.05) is 57.7 Å². The van der Waals surface area contributed by atoms with Crippen LogP contribution in [0.5, 0.6) is 0 Å². The molecule has 0 saturated carbocycles. The molecule has 2 aromatic rings. The van der Waals surface area contributed by atoms with E-state index in [9.17, 15) is 4.79 Å². The van der Waals surface area contributed by atoms with E-state index in [1.54, 1.807) is 19.0 Å². The van der Waals surface area contributed by atoms with Crippen LogP contribution < -0.4 is 0 Å². The number of fused-ring (bicyclic) bond motifs is 1. The smallest absolute Gasteiger partial charge is 0.290 e. The van der Waals surface area contributed by atoms with Gasteiger partial charge in [-0.2, -0.15) is 0 Å². The number of carbonyl (C=O) groups is 2. The van der Waals surface area contributed by atoms with Crippen molar-refractivity contribution in [2.45, 2.75) is 50.9 Å². The van der Waals surface area contributed by atoms with E-state index in [4.69, 9.17) is 14.6 Å². The number of aromatic nitrogens is 4. The monoisotopic (exact) mass is 432 g/mol. The number of ether oxygens (including phenoxy) is 1. The van der Waals surface area contributed by atoms with Crippen LogP contribution in [-0.4, -0.2) is 92.3 Å². The zero-order chi connectivity index (χ0) is 22.5. The molecule has 2 aliphatic heterocycles. The number of carbonyl (C=O) groups excluding carboxylic acids is 1. The van der Waals surface area contributed by atoms with Gasteiger partial charge in [-0.15, -0.1) is 0 Å². The van der Waals surface area contributed by atoms with E-state index in [1.165, 1.54) is 0 Å². The number of amides is 1.